The molecule has 2 nitrogen and oxygen atoms in total. The lowest BCUT2D eigenvalue weighted by Crippen LogP contribution is -2.32. The van der Waals surface area contributed by atoms with E-state index in [1.165, 1.54) is 19.3 Å². The van der Waals surface area contributed by atoms with E-state index in [9.17, 15) is 0 Å². The van der Waals surface area contributed by atoms with Crippen LogP contribution in [-0.2, 0) is 0 Å². The Morgan fingerprint density at radius 1 is 1.29 bits per heavy atom. The molecule has 1 aliphatic rings. The van der Waals surface area contributed by atoms with Gasteiger partial charge < -0.3 is 5.32 Å². The highest BCUT2D eigenvalue weighted by Gasteiger charge is 2.07. The van der Waals surface area contributed by atoms with Crippen LogP contribution < -0.4 is 5.32 Å². The maximum absolute atomic E-state index is 3.40. The van der Waals surface area contributed by atoms with Crippen molar-refractivity contribution in [3.05, 3.63) is 0 Å². The first-order valence-electron chi connectivity index (χ1n) is 4.65. The number of hydrogen-bond acceptors (Lipinski definition) is 2. The van der Waals surface area contributed by atoms with Crippen LogP contribution in [0, 0.1) is 11.8 Å². The molecule has 1 fully saturated rings. The van der Waals surface area contributed by atoms with Gasteiger partial charge in [-0.15, -0.1) is 24.8 Å². The van der Waals surface area contributed by atoms with Crippen molar-refractivity contribution in [3.8, 4) is 11.8 Å². The Balaban J connectivity index is 0. The zero-order valence-corrected chi connectivity index (χ0v) is 10.5. The van der Waals surface area contributed by atoms with Crippen molar-refractivity contribution in [3.63, 3.8) is 0 Å². The Bertz CT molecular complexity index is 178. The highest BCUT2D eigenvalue weighted by Crippen LogP contribution is 2.05. The quantitative estimate of drug-likeness (QED) is 0.698. The summed E-state index contributed by atoms with van der Waals surface area (Å²) in [5.74, 6) is 6.42. The number of rotatable bonds is 1. The van der Waals surface area contributed by atoms with E-state index in [1.54, 1.807) is 0 Å². The molecule has 1 heterocycles. The lowest BCUT2D eigenvalue weighted by molar-refractivity contribution is 0.455. The standard InChI is InChI=1S/C10H18N2.2ClH/c1-12(2)9-5-7-10-6-3-4-8-11-10;;/h10-11H,3-4,6,8-9H2,1-2H3;2*1H. The minimum absolute atomic E-state index is 0. The zero-order chi connectivity index (χ0) is 8.81. The van der Waals surface area contributed by atoms with Crippen molar-refractivity contribution >= 4 is 24.8 Å². The Hall–Kier alpha value is 0.0600. The summed E-state index contributed by atoms with van der Waals surface area (Å²) in [5.41, 5.74) is 0. The smallest absolute Gasteiger partial charge is 0.0690 e. The molecule has 0 aromatic carbocycles. The fourth-order valence-corrected chi connectivity index (χ4v) is 1.30. The van der Waals surface area contributed by atoms with Crippen molar-refractivity contribution in [1.82, 2.24) is 10.2 Å². The Morgan fingerprint density at radius 3 is 2.50 bits per heavy atom. The van der Waals surface area contributed by atoms with Gasteiger partial charge in [0.15, 0.2) is 0 Å². The van der Waals surface area contributed by atoms with Gasteiger partial charge in [-0.25, -0.2) is 0 Å². The first kappa shape index (κ1) is 16.5. The van der Waals surface area contributed by atoms with Crippen LogP contribution in [0.25, 0.3) is 0 Å². The average Bonchev–Trinajstić information content (AvgIpc) is 2.05. The van der Waals surface area contributed by atoms with Gasteiger partial charge in [0.1, 0.15) is 0 Å². The maximum Gasteiger partial charge on any atom is 0.0690 e. The molecule has 1 rings (SSSR count). The SMILES string of the molecule is CN(C)CC#CC1CCCCN1.Cl.Cl. The summed E-state index contributed by atoms with van der Waals surface area (Å²) in [6.07, 6.45) is 3.86. The van der Waals surface area contributed by atoms with E-state index >= 15 is 0 Å². The van der Waals surface area contributed by atoms with Gasteiger partial charge in [0, 0.05) is 0 Å². The van der Waals surface area contributed by atoms with Gasteiger partial charge >= 0.3 is 0 Å². The third-order valence-corrected chi connectivity index (χ3v) is 1.98. The van der Waals surface area contributed by atoms with Gasteiger partial charge in [-0.3, -0.25) is 4.90 Å². The summed E-state index contributed by atoms with van der Waals surface area (Å²) in [6.45, 7) is 2.01. The molecule has 1 aliphatic heterocycles. The van der Waals surface area contributed by atoms with Crippen LogP contribution >= 0.6 is 24.8 Å². The molecule has 84 valence electrons. The molecule has 0 aromatic heterocycles. The van der Waals surface area contributed by atoms with Gasteiger partial charge in [-0.2, -0.15) is 0 Å². The largest absolute Gasteiger partial charge is 0.304 e. The number of nitrogens with one attached hydrogen (secondary N) is 1. The summed E-state index contributed by atoms with van der Waals surface area (Å²) >= 11 is 0. The van der Waals surface area contributed by atoms with E-state index < -0.39 is 0 Å². The molecule has 4 heteroatoms. The number of hydrogen-bond donors (Lipinski definition) is 1. The molecule has 0 amide bonds. The number of halogens is 2. The van der Waals surface area contributed by atoms with Gasteiger partial charge in [0.25, 0.3) is 0 Å². The van der Waals surface area contributed by atoms with E-state index in [1.807, 2.05) is 14.1 Å². The molecule has 0 saturated carbocycles. The Kier molecular flexibility index (Phi) is 11.3. The second-order valence-corrected chi connectivity index (χ2v) is 3.56. The molecule has 14 heavy (non-hydrogen) atoms. The van der Waals surface area contributed by atoms with Crippen LogP contribution in [0.3, 0.4) is 0 Å². The fraction of sp³-hybridized carbons (Fsp3) is 0.800. The lowest BCUT2D eigenvalue weighted by atomic mass is 10.1. The summed E-state index contributed by atoms with van der Waals surface area (Å²) < 4.78 is 0. The Morgan fingerprint density at radius 2 is 2.00 bits per heavy atom. The highest BCUT2D eigenvalue weighted by atomic mass is 35.5. The fourth-order valence-electron chi connectivity index (χ4n) is 1.30. The van der Waals surface area contributed by atoms with E-state index in [2.05, 4.69) is 22.1 Å². The third-order valence-electron chi connectivity index (χ3n) is 1.98. The Labute approximate surface area is 99.6 Å². The maximum atomic E-state index is 3.40. The van der Waals surface area contributed by atoms with Crippen molar-refractivity contribution in [2.45, 2.75) is 25.3 Å². The van der Waals surface area contributed by atoms with Crippen LogP contribution in [0.1, 0.15) is 19.3 Å². The summed E-state index contributed by atoms with van der Waals surface area (Å²) in [7, 11) is 4.09. The predicted molar refractivity (Wildman–Crippen MR) is 66.5 cm³/mol. The van der Waals surface area contributed by atoms with Gasteiger partial charge in [-0.05, 0) is 39.9 Å². The van der Waals surface area contributed by atoms with Crippen molar-refractivity contribution in [1.29, 1.82) is 0 Å². The van der Waals surface area contributed by atoms with E-state index in [4.69, 9.17) is 0 Å². The molecule has 0 radical (unpaired) electrons. The summed E-state index contributed by atoms with van der Waals surface area (Å²) in [6, 6.07) is 0.457. The lowest BCUT2D eigenvalue weighted by Gasteiger charge is -2.18. The molecular weight excluding hydrogens is 219 g/mol. The summed E-state index contributed by atoms with van der Waals surface area (Å²) in [5, 5.41) is 3.40. The van der Waals surface area contributed by atoms with Crippen LogP contribution in [0.5, 0.6) is 0 Å². The van der Waals surface area contributed by atoms with E-state index in [0.29, 0.717) is 6.04 Å². The van der Waals surface area contributed by atoms with Crippen LogP contribution in [0.15, 0.2) is 0 Å². The van der Waals surface area contributed by atoms with Gasteiger partial charge in [0.2, 0.25) is 0 Å². The molecule has 0 bridgehead atoms. The number of piperidine rings is 1. The highest BCUT2D eigenvalue weighted by molar-refractivity contribution is 5.85. The monoisotopic (exact) mass is 238 g/mol. The van der Waals surface area contributed by atoms with E-state index in [0.717, 1.165) is 13.1 Å². The molecule has 1 saturated heterocycles. The minimum Gasteiger partial charge on any atom is -0.304 e. The van der Waals surface area contributed by atoms with Crippen LogP contribution in [0.4, 0.5) is 0 Å². The first-order valence-corrected chi connectivity index (χ1v) is 4.65. The van der Waals surface area contributed by atoms with Crippen LogP contribution in [-0.4, -0.2) is 38.1 Å². The normalized spacial score (nSPS) is 20.1. The topological polar surface area (TPSA) is 15.3 Å². The minimum atomic E-state index is 0. The van der Waals surface area contributed by atoms with Crippen molar-refractivity contribution < 1.29 is 0 Å². The number of nitrogens with zero attached hydrogens (tertiary/aromatic N) is 1. The van der Waals surface area contributed by atoms with Gasteiger partial charge in [-0.1, -0.05) is 11.8 Å². The van der Waals surface area contributed by atoms with Crippen molar-refractivity contribution in [2.24, 2.45) is 0 Å². The third kappa shape index (κ3) is 7.46. The first-order chi connectivity index (χ1) is 5.79. The molecule has 0 spiro atoms. The average molecular weight is 239 g/mol. The van der Waals surface area contributed by atoms with Crippen LogP contribution in [0.2, 0.25) is 0 Å². The zero-order valence-electron chi connectivity index (χ0n) is 8.88. The van der Waals surface area contributed by atoms with Crippen molar-refractivity contribution in [2.75, 3.05) is 27.2 Å². The molecule has 0 aromatic rings. The second kappa shape index (κ2) is 9.61. The molecular formula is C10H20Cl2N2. The summed E-state index contributed by atoms with van der Waals surface area (Å²) in [4.78, 5) is 2.09. The van der Waals surface area contributed by atoms with Gasteiger partial charge in [0.05, 0.1) is 12.6 Å². The molecule has 1 atom stereocenters. The molecule has 0 aliphatic carbocycles. The van der Waals surface area contributed by atoms with E-state index in [-0.39, 0.29) is 24.8 Å². The molecule has 1 unspecified atom stereocenters. The molecule has 1 N–H and O–H groups in total. The second-order valence-electron chi connectivity index (χ2n) is 3.56. The predicted octanol–water partition coefficient (Wildman–Crippen LogP) is 1.54.